The molecule has 3 aromatic carbocycles. The average molecular weight is 517 g/mol. The predicted molar refractivity (Wildman–Crippen MR) is 146 cm³/mol. The Bertz CT molecular complexity index is 1430. The zero-order valence-electron chi connectivity index (χ0n) is 20.9. The molecule has 0 saturated carbocycles. The minimum absolute atomic E-state index is 0.233. The number of hydrogen-bond acceptors (Lipinski definition) is 7. The van der Waals surface area contributed by atoms with Crippen LogP contribution in [0.25, 0.3) is 11.0 Å². The number of thioether (sulfide) groups is 1. The first-order valence-corrected chi connectivity index (χ1v) is 12.9. The third kappa shape index (κ3) is 5.56. The fourth-order valence-corrected chi connectivity index (χ4v) is 4.97. The van der Waals surface area contributed by atoms with E-state index < -0.39 is 0 Å². The van der Waals surface area contributed by atoms with E-state index in [1.165, 1.54) is 0 Å². The van der Waals surface area contributed by atoms with Gasteiger partial charge in [0.2, 0.25) is 5.91 Å². The SMILES string of the molecule is CCN(C)c1ccc(Oc2ccc3nc(COc4ccc(CC5SC(=O)NC5=O)cc4)n(C)c3c2)cc1. The largest absolute Gasteiger partial charge is 0.486 e. The minimum atomic E-state index is -0.379. The van der Waals surface area contributed by atoms with Gasteiger partial charge in [0.1, 0.15) is 29.7 Å². The number of hydrogen-bond donors (Lipinski definition) is 1. The van der Waals surface area contributed by atoms with Gasteiger partial charge in [0, 0.05) is 32.4 Å². The quantitative estimate of drug-likeness (QED) is 0.323. The fourth-order valence-electron chi connectivity index (χ4n) is 4.11. The lowest BCUT2D eigenvalue weighted by Crippen LogP contribution is -2.25. The molecule has 8 nitrogen and oxygen atoms in total. The molecule has 1 fully saturated rings. The Morgan fingerprint density at radius 1 is 1.00 bits per heavy atom. The third-order valence-electron chi connectivity index (χ3n) is 6.41. The van der Waals surface area contributed by atoms with Crippen molar-refractivity contribution >= 4 is 39.6 Å². The number of fused-ring (bicyclic) bond motifs is 1. The molecule has 0 radical (unpaired) electrons. The van der Waals surface area contributed by atoms with Crippen molar-refractivity contribution in [2.75, 3.05) is 18.5 Å². The summed E-state index contributed by atoms with van der Waals surface area (Å²) in [4.78, 5) is 30.0. The number of aromatic nitrogens is 2. The van der Waals surface area contributed by atoms with Crippen molar-refractivity contribution in [1.29, 1.82) is 0 Å². The summed E-state index contributed by atoms with van der Waals surface area (Å²) in [7, 11) is 4.02. The van der Waals surface area contributed by atoms with Crippen LogP contribution in [0.15, 0.2) is 66.7 Å². The highest BCUT2D eigenvalue weighted by Crippen LogP contribution is 2.28. The summed E-state index contributed by atoms with van der Waals surface area (Å²) in [5.41, 5.74) is 3.94. The van der Waals surface area contributed by atoms with E-state index in [2.05, 4.69) is 36.3 Å². The van der Waals surface area contributed by atoms with Gasteiger partial charge in [0.25, 0.3) is 5.24 Å². The number of carbonyl (C=O) groups is 2. The molecule has 0 aliphatic carbocycles. The molecule has 2 heterocycles. The van der Waals surface area contributed by atoms with Crippen LogP contribution in [0, 0.1) is 0 Å². The summed E-state index contributed by atoms with van der Waals surface area (Å²) in [6, 6.07) is 21.5. The number of amides is 2. The summed E-state index contributed by atoms with van der Waals surface area (Å²) < 4.78 is 14.1. The smallest absolute Gasteiger partial charge is 0.286 e. The van der Waals surface area contributed by atoms with Crippen molar-refractivity contribution in [3.63, 3.8) is 0 Å². The Labute approximate surface area is 219 Å². The van der Waals surface area contributed by atoms with Crippen molar-refractivity contribution in [1.82, 2.24) is 14.9 Å². The van der Waals surface area contributed by atoms with Crippen molar-refractivity contribution in [3.05, 3.63) is 78.1 Å². The molecule has 5 rings (SSSR count). The molecular weight excluding hydrogens is 488 g/mol. The average Bonchev–Trinajstić information content (AvgIpc) is 3.40. The van der Waals surface area contributed by atoms with Crippen LogP contribution in [0.2, 0.25) is 0 Å². The van der Waals surface area contributed by atoms with E-state index in [1.54, 1.807) is 0 Å². The molecular formula is C28H28N4O4S. The van der Waals surface area contributed by atoms with Gasteiger partial charge < -0.3 is 18.9 Å². The Hall–Kier alpha value is -3.98. The first kappa shape index (κ1) is 24.7. The van der Waals surface area contributed by atoms with E-state index in [0.717, 1.165) is 57.9 Å². The first-order valence-electron chi connectivity index (χ1n) is 12.1. The van der Waals surface area contributed by atoms with Crippen molar-refractivity contribution in [2.24, 2.45) is 7.05 Å². The van der Waals surface area contributed by atoms with Gasteiger partial charge >= 0.3 is 0 Å². The maximum absolute atomic E-state index is 11.8. The first-order chi connectivity index (χ1) is 17.9. The molecule has 2 amide bonds. The summed E-state index contributed by atoms with van der Waals surface area (Å²) in [6.07, 6.45) is 0.498. The maximum atomic E-state index is 11.8. The number of imidazole rings is 1. The number of ether oxygens (including phenoxy) is 2. The molecule has 1 aliphatic heterocycles. The van der Waals surface area contributed by atoms with Crippen LogP contribution in [0.4, 0.5) is 10.5 Å². The molecule has 0 spiro atoms. The Morgan fingerprint density at radius 3 is 2.38 bits per heavy atom. The molecule has 1 saturated heterocycles. The van der Waals surface area contributed by atoms with E-state index in [9.17, 15) is 9.59 Å². The monoisotopic (exact) mass is 516 g/mol. The van der Waals surface area contributed by atoms with Gasteiger partial charge in [-0.1, -0.05) is 23.9 Å². The highest BCUT2D eigenvalue weighted by Gasteiger charge is 2.31. The van der Waals surface area contributed by atoms with Crippen LogP contribution in [0.3, 0.4) is 0 Å². The van der Waals surface area contributed by atoms with Gasteiger partial charge in [0.05, 0.1) is 16.3 Å². The fraction of sp³-hybridized carbons (Fsp3) is 0.250. The van der Waals surface area contributed by atoms with Crippen LogP contribution in [0.5, 0.6) is 17.2 Å². The predicted octanol–water partition coefficient (Wildman–Crippen LogP) is 5.29. The number of nitrogens with one attached hydrogen (secondary N) is 1. The number of imide groups is 1. The molecule has 0 bridgehead atoms. The van der Waals surface area contributed by atoms with E-state index in [1.807, 2.05) is 66.2 Å². The highest BCUT2D eigenvalue weighted by molar-refractivity contribution is 8.15. The second kappa shape index (κ2) is 10.6. The number of aryl methyl sites for hydroxylation is 1. The summed E-state index contributed by atoms with van der Waals surface area (Å²) in [5.74, 6) is 2.78. The van der Waals surface area contributed by atoms with Gasteiger partial charge in [-0.15, -0.1) is 0 Å². The third-order valence-corrected chi connectivity index (χ3v) is 7.39. The van der Waals surface area contributed by atoms with Gasteiger partial charge in [-0.25, -0.2) is 4.98 Å². The Balaban J connectivity index is 1.22. The second-order valence-corrected chi connectivity index (χ2v) is 10.0. The Kier molecular flexibility index (Phi) is 7.05. The van der Waals surface area contributed by atoms with E-state index in [4.69, 9.17) is 14.5 Å². The summed E-state index contributed by atoms with van der Waals surface area (Å²) in [6.45, 7) is 3.37. The van der Waals surface area contributed by atoms with Crippen molar-refractivity contribution < 1.29 is 19.1 Å². The van der Waals surface area contributed by atoms with Crippen LogP contribution in [-0.2, 0) is 24.9 Å². The summed E-state index contributed by atoms with van der Waals surface area (Å²) in [5, 5.41) is 1.65. The van der Waals surface area contributed by atoms with Crippen molar-refractivity contribution in [2.45, 2.75) is 25.2 Å². The Morgan fingerprint density at radius 2 is 1.70 bits per heavy atom. The lowest BCUT2D eigenvalue weighted by atomic mass is 10.1. The molecule has 1 atom stereocenters. The number of anilines is 1. The van der Waals surface area contributed by atoms with Gasteiger partial charge in [-0.2, -0.15) is 0 Å². The lowest BCUT2D eigenvalue weighted by Gasteiger charge is -2.17. The van der Waals surface area contributed by atoms with Crippen LogP contribution >= 0.6 is 11.8 Å². The zero-order chi connectivity index (χ0) is 25.9. The standard InChI is InChI=1S/C28H28N4O4S/c1-4-31(2)19-7-11-21(12-8-19)36-22-13-14-23-24(16-22)32(3)26(29-23)17-35-20-9-5-18(6-10-20)15-25-27(33)30-28(34)37-25/h5-14,16,25H,4,15,17H2,1-3H3,(H,30,33,34). The maximum Gasteiger partial charge on any atom is 0.286 e. The van der Waals surface area contributed by atoms with Gasteiger partial charge in [-0.05, 0) is 67.4 Å². The molecule has 37 heavy (non-hydrogen) atoms. The van der Waals surface area contributed by atoms with Crippen LogP contribution < -0.4 is 19.7 Å². The molecule has 4 aromatic rings. The normalized spacial score (nSPS) is 15.2. The van der Waals surface area contributed by atoms with E-state index in [-0.39, 0.29) is 16.4 Å². The number of nitrogens with zero attached hydrogens (tertiary/aromatic N) is 3. The second-order valence-electron chi connectivity index (χ2n) is 8.87. The van der Waals surface area contributed by atoms with E-state index in [0.29, 0.717) is 18.8 Å². The number of rotatable bonds is 9. The lowest BCUT2D eigenvalue weighted by molar-refractivity contribution is -0.118. The zero-order valence-corrected chi connectivity index (χ0v) is 21.7. The molecule has 9 heteroatoms. The minimum Gasteiger partial charge on any atom is -0.486 e. The molecule has 1 N–H and O–H groups in total. The summed E-state index contributed by atoms with van der Waals surface area (Å²) >= 11 is 1.03. The molecule has 190 valence electrons. The number of carbonyl (C=O) groups excluding carboxylic acids is 2. The van der Waals surface area contributed by atoms with E-state index >= 15 is 0 Å². The van der Waals surface area contributed by atoms with Crippen molar-refractivity contribution in [3.8, 4) is 17.2 Å². The highest BCUT2D eigenvalue weighted by atomic mass is 32.2. The molecule has 1 aliphatic rings. The van der Waals surface area contributed by atoms with Crippen LogP contribution in [-0.4, -0.2) is 39.5 Å². The van der Waals surface area contributed by atoms with Crippen LogP contribution in [0.1, 0.15) is 18.3 Å². The topological polar surface area (TPSA) is 85.7 Å². The molecule has 1 aromatic heterocycles. The van der Waals surface area contributed by atoms with Gasteiger partial charge in [0.15, 0.2) is 0 Å². The van der Waals surface area contributed by atoms with Gasteiger partial charge in [-0.3, -0.25) is 14.9 Å². The number of benzene rings is 3. The molecule has 1 unspecified atom stereocenters.